The van der Waals surface area contributed by atoms with Crippen LogP contribution in [0.2, 0.25) is 0 Å². The van der Waals surface area contributed by atoms with Gasteiger partial charge in [0.1, 0.15) is 5.52 Å². The summed E-state index contributed by atoms with van der Waals surface area (Å²) in [5.41, 5.74) is 0.288. The van der Waals surface area contributed by atoms with Crippen LogP contribution >= 0.6 is 0 Å². The van der Waals surface area contributed by atoms with Crippen LogP contribution in [0.4, 0.5) is 10.1 Å². The van der Waals surface area contributed by atoms with Crippen LogP contribution in [0.15, 0.2) is 34.9 Å². The number of nitro groups is 1. The molecular formula is C13H8FN3O4. The topological polar surface area (TPSA) is 91.3 Å². The zero-order valence-corrected chi connectivity index (χ0v) is 10.7. The van der Waals surface area contributed by atoms with E-state index in [1.807, 2.05) is 0 Å². The minimum absolute atomic E-state index is 0.0652. The lowest BCUT2D eigenvalue weighted by Crippen LogP contribution is -1.93. The fraction of sp³-hybridized carbons (Fsp3) is 0.0769. The van der Waals surface area contributed by atoms with Crippen molar-refractivity contribution in [1.82, 2.24) is 10.4 Å². The Hall–Kier alpha value is -3.03. The van der Waals surface area contributed by atoms with Crippen LogP contribution < -0.4 is 4.74 Å². The molecule has 0 spiro atoms. The molecule has 8 heteroatoms. The van der Waals surface area contributed by atoms with Gasteiger partial charge in [0.2, 0.25) is 0 Å². The minimum Gasteiger partial charge on any atom is -0.494 e. The third kappa shape index (κ3) is 1.97. The molecule has 0 aliphatic rings. The van der Waals surface area contributed by atoms with Gasteiger partial charge in [-0.2, -0.15) is 0 Å². The first kappa shape index (κ1) is 13.0. The van der Waals surface area contributed by atoms with Crippen molar-refractivity contribution < 1.29 is 18.6 Å². The van der Waals surface area contributed by atoms with Crippen LogP contribution in [-0.4, -0.2) is 22.4 Å². The van der Waals surface area contributed by atoms with Crippen molar-refractivity contribution in [3.05, 3.63) is 46.3 Å². The average molecular weight is 289 g/mol. The number of aromatic nitrogens is 2. The largest absolute Gasteiger partial charge is 0.494 e. The number of hydrogen-bond donors (Lipinski definition) is 0. The quantitative estimate of drug-likeness (QED) is 0.543. The second-order valence-electron chi connectivity index (χ2n) is 4.16. The first-order valence-corrected chi connectivity index (χ1v) is 5.86. The predicted molar refractivity (Wildman–Crippen MR) is 70.4 cm³/mol. The van der Waals surface area contributed by atoms with Crippen molar-refractivity contribution in [1.29, 1.82) is 0 Å². The molecule has 2 aromatic carbocycles. The molecule has 0 saturated heterocycles. The van der Waals surface area contributed by atoms with Crippen LogP contribution in [0.1, 0.15) is 0 Å². The molecule has 0 aliphatic carbocycles. The zero-order chi connectivity index (χ0) is 15.0. The van der Waals surface area contributed by atoms with E-state index in [-0.39, 0.29) is 28.1 Å². The Labute approximate surface area is 117 Å². The number of methoxy groups -OCH3 is 1. The minimum atomic E-state index is -0.610. The number of nitrogens with zero attached hydrogens (tertiary/aromatic N) is 3. The van der Waals surface area contributed by atoms with Gasteiger partial charge in [0.15, 0.2) is 11.6 Å². The van der Waals surface area contributed by atoms with Crippen molar-refractivity contribution in [2.24, 2.45) is 0 Å². The summed E-state index contributed by atoms with van der Waals surface area (Å²) in [7, 11) is 1.35. The molecule has 3 aromatic rings. The summed E-state index contributed by atoms with van der Waals surface area (Å²) in [6.07, 6.45) is 0. The second kappa shape index (κ2) is 4.82. The lowest BCUT2D eigenvalue weighted by molar-refractivity contribution is -0.383. The van der Waals surface area contributed by atoms with Gasteiger partial charge >= 0.3 is 5.69 Å². The van der Waals surface area contributed by atoms with E-state index in [1.165, 1.54) is 31.4 Å². The molecule has 1 heterocycles. The Balaban J connectivity index is 2.30. The molecule has 0 unspecified atom stereocenters. The second-order valence-corrected chi connectivity index (χ2v) is 4.16. The highest BCUT2D eigenvalue weighted by Gasteiger charge is 2.22. The Morgan fingerprint density at radius 3 is 2.81 bits per heavy atom. The molecule has 0 bridgehead atoms. The Bertz CT molecular complexity index is 847. The van der Waals surface area contributed by atoms with E-state index in [9.17, 15) is 14.5 Å². The molecule has 1 aromatic heterocycles. The summed E-state index contributed by atoms with van der Waals surface area (Å²) in [6, 6.07) is 7.24. The van der Waals surface area contributed by atoms with Gasteiger partial charge in [-0.3, -0.25) is 10.1 Å². The van der Waals surface area contributed by atoms with E-state index < -0.39 is 10.7 Å². The van der Waals surface area contributed by atoms with Crippen molar-refractivity contribution in [3.8, 4) is 16.9 Å². The fourth-order valence-electron chi connectivity index (χ4n) is 2.09. The lowest BCUT2D eigenvalue weighted by Gasteiger charge is -2.07. The number of fused-ring (bicyclic) bond motifs is 1. The SMILES string of the molecule is COc1cccc(-c2ccc([N+](=O)[O-])c3onnc23)c1F. The van der Waals surface area contributed by atoms with E-state index in [0.29, 0.717) is 5.56 Å². The first-order chi connectivity index (χ1) is 10.1. The van der Waals surface area contributed by atoms with Gasteiger partial charge in [-0.1, -0.05) is 12.1 Å². The molecule has 3 rings (SSSR count). The first-order valence-electron chi connectivity index (χ1n) is 5.86. The highest BCUT2D eigenvalue weighted by Crippen LogP contribution is 2.36. The molecule has 0 fully saturated rings. The van der Waals surface area contributed by atoms with Crippen molar-refractivity contribution in [2.75, 3.05) is 7.11 Å². The van der Waals surface area contributed by atoms with Gasteiger partial charge in [-0.05, 0) is 12.1 Å². The molecular weight excluding hydrogens is 281 g/mol. The lowest BCUT2D eigenvalue weighted by atomic mass is 10.0. The summed E-state index contributed by atoms with van der Waals surface area (Å²) >= 11 is 0. The molecule has 0 atom stereocenters. The maximum Gasteiger partial charge on any atom is 0.316 e. The van der Waals surface area contributed by atoms with Gasteiger partial charge in [0.25, 0.3) is 5.58 Å². The molecule has 0 radical (unpaired) electrons. The van der Waals surface area contributed by atoms with E-state index in [4.69, 9.17) is 9.26 Å². The van der Waals surface area contributed by atoms with Crippen LogP contribution in [0, 0.1) is 15.9 Å². The Morgan fingerprint density at radius 1 is 1.29 bits per heavy atom. The van der Waals surface area contributed by atoms with Crippen molar-refractivity contribution in [2.45, 2.75) is 0 Å². The maximum atomic E-state index is 14.3. The smallest absolute Gasteiger partial charge is 0.316 e. The zero-order valence-electron chi connectivity index (χ0n) is 10.7. The van der Waals surface area contributed by atoms with Crippen LogP contribution in [-0.2, 0) is 0 Å². The standard InChI is InChI=1S/C13H8FN3O4/c1-20-10-4-2-3-7(11(10)14)8-5-6-9(17(18)19)13-12(8)15-16-21-13/h2-6H,1H3. The summed E-state index contributed by atoms with van der Waals surface area (Å²) in [4.78, 5) is 10.3. The number of halogens is 1. The van der Waals surface area contributed by atoms with Crippen LogP contribution in [0.25, 0.3) is 22.2 Å². The summed E-state index contributed by atoms with van der Waals surface area (Å²) in [6.45, 7) is 0. The maximum absolute atomic E-state index is 14.3. The molecule has 0 amide bonds. The number of non-ortho nitro benzene ring substituents is 1. The van der Waals surface area contributed by atoms with Crippen molar-refractivity contribution in [3.63, 3.8) is 0 Å². The van der Waals surface area contributed by atoms with Gasteiger partial charge in [0.05, 0.1) is 12.0 Å². The molecule has 21 heavy (non-hydrogen) atoms. The van der Waals surface area contributed by atoms with Gasteiger partial charge in [0, 0.05) is 22.5 Å². The predicted octanol–water partition coefficient (Wildman–Crippen LogP) is 2.95. The summed E-state index contributed by atoms with van der Waals surface area (Å²) in [5, 5.41) is 17.9. The molecule has 0 aliphatic heterocycles. The third-order valence-electron chi connectivity index (χ3n) is 3.05. The highest BCUT2D eigenvalue weighted by atomic mass is 19.1. The van der Waals surface area contributed by atoms with Gasteiger partial charge < -0.3 is 9.26 Å². The normalized spacial score (nSPS) is 10.8. The van der Waals surface area contributed by atoms with Gasteiger partial charge in [-0.25, -0.2) is 4.39 Å². The Morgan fingerprint density at radius 2 is 2.10 bits per heavy atom. The van der Waals surface area contributed by atoms with Crippen molar-refractivity contribution >= 4 is 16.8 Å². The average Bonchev–Trinajstić information content (AvgIpc) is 2.96. The van der Waals surface area contributed by atoms with Crippen LogP contribution in [0.5, 0.6) is 5.75 Å². The molecule has 0 N–H and O–H groups in total. The number of benzene rings is 2. The molecule has 106 valence electrons. The number of ether oxygens (including phenoxy) is 1. The van der Waals surface area contributed by atoms with E-state index in [0.717, 1.165) is 0 Å². The molecule has 7 nitrogen and oxygen atoms in total. The van der Waals surface area contributed by atoms with Gasteiger partial charge in [-0.15, -0.1) is 5.10 Å². The number of hydrogen-bond acceptors (Lipinski definition) is 6. The monoisotopic (exact) mass is 289 g/mol. The fourth-order valence-corrected chi connectivity index (χ4v) is 2.09. The highest BCUT2D eigenvalue weighted by molar-refractivity contribution is 5.95. The van der Waals surface area contributed by atoms with E-state index >= 15 is 0 Å². The number of rotatable bonds is 3. The van der Waals surface area contributed by atoms with E-state index in [2.05, 4.69) is 10.4 Å². The summed E-state index contributed by atoms with van der Waals surface area (Å²) < 4.78 is 24.0. The third-order valence-corrected chi connectivity index (χ3v) is 3.05. The van der Waals surface area contributed by atoms with Crippen LogP contribution in [0.3, 0.4) is 0 Å². The number of nitro benzene ring substituents is 1. The Kier molecular flexibility index (Phi) is 2.98. The summed E-state index contributed by atoms with van der Waals surface area (Å²) in [5.74, 6) is -0.520. The molecule has 0 saturated carbocycles. The van der Waals surface area contributed by atoms with E-state index in [1.54, 1.807) is 6.07 Å².